The van der Waals surface area contributed by atoms with E-state index in [0.29, 0.717) is 18.5 Å². The van der Waals surface area contributed by atoms with Crippen LogP contribution in [0.4, 0.5) is 0 Å². The number of hydrogen-bond donors (Lipinski definition) is 1. The number of nitrogens with zero attached hydrogens (tertiary/aromatic N) is 2. The molecule has 1 aliphatic rings. The van der Waals surface area contributed by atoms with Crippen LogP contribution >= 0.6 is 24.8 Å². The van der Waals surface area contributed by atoms with E-state index >= 15 is 0 Å². The zero-order valence-electron chi connectivity index (χ0n) is 14.9. The molecule has 0 radical (unpaired) electrons. The number of rotatable bonds is 5. The van der Waals surface area contributed by atoms with E-state index in [1.165, 1.54) is 0 Å². The fourth-order valence-electron chi connectivity index (χ4n) is 3.19. The third kappa shape index (κ3) is 6.25. The van der Waals surface area contributed by atoms with E-state index in [0.717, 1.165) is 31.5 Å². The number of halogens is 2. The third-order valence-corrected chi connectivity index (χ3v) is 4.74. The summed E-state index contributed by atoms with van der Waals surface area (Å²) in [6, 6.07) is 10.5. The number of carbonyl (C=O) groups is 1. The Kier molecular flexibility index (Phi) is 10.6. The molecular weight excluding hydrogens is 345 g/mol. The lowest BCUT2D eigenvalue weighted by Gasteiger charge is -2.39. The van der Waals surface area contributed by atoms with Crippen LogP contribution in [0.3, 0.4) is 0 Å². The molecule has 1 aromatic carbocycles. The average molecular weight is 376 g/mol. The Hall–Kier alpha value is -0.810. The molecule has 2 N–H and O–H groups in total. The van der Waals surface area contributed by atoms with Gasteiger partial charge in [-0.3, -0.25) is 4.79 Å². The first-order valence-corrected chi connectivity index (χ1v) is 8.29. The lowest BCUT2D eigenvalue weighted by molar-refractivity contribution is -0.134. The summed E-state index contributed by atoms with van der Waals surface area (Å²) in [5.41, 5.74) is 7.25. The minimum Gasteiger partial charge on any atom is -0.341 e. The van der Waals surface area contributed by atoms with Crippen LogP contribution in [-0.4, -0.2) is 54.0 Å². The first kappa shape index (κ1) is 23.2. The summed E-state index contributed by atoms with van der Waals surface area (Å²) in [5.74, 6) is 0.0619. The van der Waals surface area contributed by atoms with Crippen molar-refractivity contribution >= 4 is 30.7 Å². The Labute approximate surface area is 158 Å². The highest BCUT2D eigenvalue weighted by atomic mass is 35.5. The van der Waals surface area contributed by atoms with Gasteiger partial charge in [-0.2, -0.15) is 0 Å². The van der Waals surface area contributed by atoms with Gasteiger partial charge >= 0.3 is 0 Å². The summed E-state index contributed by atoms with van der Waals surface area (Å²) in [6.07, 6.45) is 2.69. The van der Waals surface area contributed by atoms with Crippen molar-refractivity contribution in [3.8, 4) is 0 Å². The molecule has 1 saturated heterocycles. The highest BCUT2D eigenvalue weighted by Gasteiger charge is 2.28. The highest BCUT2D eigenvalue weighted by Crippen LogP contribution is 2.18. The molecular formula is C18H31Cl2N3O. The number of likely N-dealkylation sites (tertiary alicyclic amines) is 1. The predicted octanol–water partition coefficient (Wildman–Crippen LogP) is 2.73. The number of carbonyl (C=O) groups excluding carboxylic acids is 1. The van der Waals surface area contributed by atoms with Crippen LogP contribution in [0.1, 0.15) is 32.3 Å². The fourth-order valence-corrected chi connectivity index (χ4v) is 3.19. The third-order valence-electron chi connectivity index (χ3n) is 4.74. The SMILES string of the molecule is CC(C)N1CCC(N(C)C(=O)C(N)Cc2ccccc2)CC1.Cl.Cl. The molecule has 1 unspecified atom stereocenters. The summed E-state index contributed by atoms with van der Waals surface area (Å²) in [5, 5.41) is 0. The Morgan fingerprint density at radius 3 is 2.25 bits per heavy atom. The standard InChI is InChI=1S/C18H29N3O.2ClH/c1-14(2)21-11-9-16(10-12-21)20(3)18(22)17(19)13-15-7-5-4-6-8-15;;/h4-8,14,16-17H,9-13,19H2,1-3H3;2*1H. The lowest BCUT2D eigenvalue weighted by atomic mass is 10.00. The molecule has 138 valence electrons. The van der Waals surface area contributed by atoms with Crippen LogP contribution in [0.5, 0.6) is 0 Å². The molecule has 24 heavy (non-hydrogen) atoms. The molecule has 1 atom stereocenters. The van der Waals surface area contributed by atoms with Crippen LogP contribution in [0.25, 0.3) is 0 Å². The van der Waals surface area contributed by atoms with Gasteiger partial charge in [0, 0.05) is 32.2 Å². The molecule has 1 aromatic rings. The van der Waals surface area contributed by atoms with Crippen molar-refractivity contribution in [2.75, 3.05) is 20.1 Å². The normalized spacial score (nSPS) is 16.9. The van der Waals surface area contributed by atoms with Crippen LogP contribution in [0.15, 0.2) is 30.3 Å². The summed E-state index contributed by atoms with van der Waals surface area (Å²) >= 11 is 0. The zero-order valence-corrected chi connectivity index (χ0v) is 16.5. The molecule has 1 heterocycles. The molecule has 0 aromatic heterocycles. The first-order chi connectivity index (χ1) is 10.5. The van der Waals surface area contributed by atoms with Gasteiger partial charge in [-0.1, -0.05) is 30.3 Å². The second-order valence-electron chi connectivity index (χ2n) is 6.61. The van der Waals surface area contributed by atoms with Crippen molar-refractivity contribution in [2.24, 2.45) is 5.73 Å². The molecule has 0 saturated carbocycles. The van der Waals surface area contributed by atoms with Gasteiger partial charge in [0.1, 0.15) is 0 Å². The Balaban J connectivity index is 0.00000264. The quantitative estimate of drug-likeness (QED) is 0.860. The monoisotopic (exact) mass is 375 g/mol. The second kappa shape index (κ2) is 10.9. The van der Waals surface area contributed by atoms with Crippen molar-refractivity contribution in [3.05, 3.63) is 35.9 Å². The predicted molar refractivity (Wildman–Crippen MR) is 105 cm³/mol. The maximum Gasteiger partial charge on any atom is 0.239 e. The number of likely N-dealkylation sites (N-methyl/N-ethyl adjacent to an activating group) is 1. The van der Waals surface area contributed by atoms with Crippen molar-refractivity contribution in [1.82, 2.24) is 9.80 Å². The summed E-state index contributed by atoms with van der Waals surface area (Å²) in [4.78, 5) is 16.9. The van der Waals surface area contributed by atoms with Gasteiger partial charge in [0.05, 0.1) is 6.04 Å². The van der Waals surface area contributed by atoms with E-state index in [-0.39, 0.29) is 30.7 Å². The van der Waals surface area contributed by atoms with E-state index in [1.54, 1.807) is 0 Å². The number of benzene rings is 1. The highest BCUT2D eigenvalue weighted by molar-refractivity contribution is 5.85. The van der Waals surface area contributed by atoms with E-state index in [2.05, 4.69) is 18.7 Å². The van der Waals surface area contributed by atoms with Gasteiger partial charge in [0.25, 0.3) is 0 Å². The van der Waals surface area contributed by atoms with Gasteiger partial charge in [-0.15, -0.1) is 24.8 Å². The summed E-state index contributed by atoms with van der Waals surface area (Å²) in [6.45, 7) is 6.58. The maximum absolute atomic E-state index is 12.5. The topological polar surface area (TPSA) is 49.6 Å². The Bertz CT molecular complexity index is 476. The number of amides is 1. The Morgan fingerprint density at radius 2 is 1.75 bits per heavy atom. The molecule has 1 fully saturated rings. The molecule has 6 heteroatoms. The molecule has 0 bridgehead atoms. The van der Waals surface area contributed by atoms with Crippen molar-refractivity contribution in [2.45, 2.75) is 51.2 Å². The zero-order chi connectivity index (χ0) is 16.1. The van der Waals surface area contributed by atoms with Crippen LogP contribution < -0.4 is 5.73 Å². The summed E-state index contributed by atoms with van der Waals surface area (Å²) < 4.78 is 0. The maximum atomic E-state index is 12.5. The number of hydrogen-bond acceptors (Lipinski definition) is 3. The van der Waals surface area contributed by atoms with E-state index in [4.69, 9.17) is 5.73 Å². The fraction of sp³-hybridized carbons (Fsp3) is 0.611. The number of nitrogens with two attached hydrogens (primary N) is 1. The lowest BCUT2D eigenvalue weighted by Crippen LogP contribution is -2.51. The molecule has 2 rings (SSSR count). The molecule has 1 amide bonds. The number of piperidine rings is 1. The van der Waals surface area contributed by atoms with E-state index in [1.807, 2.05) is 42.3 Å². The van der Waals surface area contributed by atoms with Gasteiger partial charge in [0.15, 0.2) is 0 Å². The van der Waals surface area contributed by atoms with Gasteiger partial charge in [0.2, 0.25) is 5.91 Å². The molecule has 1 aliphatic heterocycles. The van der Waals surface area contributed by atoms with Crippen LogP contribution in [0.2, 0.25) is 0 Å². The van der Waals surface area contributed by atoms with Gasteiger partial charge < -0.3 is 15.5 Å². The molecule has 0 spiro atoms. The van der Waals surface area contributed by atoms with Gasteiger partial charge in [-0.05, 0) is 38.7 Å². The van der Waals surface area contributed by atoms with Crippen molar-refractivity contribution < 1.29 is 4.79 Å². The minimum atomic E-state index is -0.449. The van der Waals surface area contributed by atoms with Crippen LogP contribution in [0, 0.1) is 0 Å². The summed E-state index contributed by atoms with van der Waals surface area (Å²) in [7, 11) is 1.91. The Morgan fingerprint density at radius 1 is 1.21 bits per heavy atom. The minimum absolute atomic E-state index is 0. The second-order valence-corrected chi connectivity index (χ2v) is 6.61. The smallest absolute Gasteiger partial charge is 0.239 e. The van der Waals surface area contributed by atoms with E-state index in [9.17, 15) is 4.79 Å². The van der Waals surface area contributed by atoms with Crippen LogP contribution in [-0.2, 0) is 11.2 Å². The molecule has 4 nitrogen and oxygen atoms in total. The molecule has 0 aliphatic carbocycles. The van der Waals surface area contributed by atoms with Gasteiger partial charge in [-0.25, -0.2) is 0 Å². The van der Waals surface area contributed by atoms with E-state index < -0.39 is 6.04 Å². The average Bonchev–Trinajstić information content (AvgIpc) is 2.54. The largest absolute Gasteiger partial charge is 0.341 e. The first-order valence-electron chi connectivity index (χ1n) is 8.29. The van der Waals surface area contributed by atoms with Crippen molar-refractivity contribution in [1.29, 1.82) is 0 Å². The van der Waals surface area contributed by atoms with Crippen molar-refractivity contribution in [3.63, 3.8) is 0 Å².